The van der Waals surface area contributed by atoms with Crippen LogP contribution >= 0.6 is 0 Å². The molecule has 146 valence electrons. The van der Waals surface area contributed by atoms with Gasteiger partial charge in [0.2, 0.25) is 0 Å². The Morgan fingerprint density at radius 1 is 1.07 bits per heavy atom. The van der Waals surface area contributed by atoms with Crippen LogP contribution in [0.2, 0.25) is 0 Å². The van der Waals surface area contributed by atoms with Gasteiger partial charge < -0.3 is 10.3 Å². The van der Waals surface area contributed by atoms with Crippen molar-refractivity contribution in [2.75, 3.05) is 0 Å². The van der Waals surface area contributed by atoms with Gasteiger partial charge in [0.05, 0.1) is 0 Å². The van der Waals surface area contributed by atoms with Crippen molar-refractivity contribution in [2.45, 2.75) is 58.8 Å². The second-order valence-electron chi connectivity index (χ2n) is 7.09. The third kappa shape index (κ3) is 5.06. The van der Waals surface area contributed by atoms with Crippen molar-refractivity contribution >= 4 is 11.7 Å². The first-order chi connectivity index (χ1) is 13.0. The molecule has 2 rings (SSSR count). The third-order valence-electron chi connectivity index (χ3n) is 5.12. The van der Waals surface area contributed by atoms with Gasteiger partial charge in [-0.2, -0.15) is 0 Å². The lowest BCUT2D eigenvalue weighted by Crippen LogP contribution is -2.21. The molecule has 1 aromatic heterocycles. The van der Waals surface area contributed by atoms with Crippen molar-refractivity contribution in [3.8, 4) is 11.3 Å². The lowest BCUT2D eigenvalue weighted by molar-refractivity contribution is 0.0899. The molecule has 0 saturated heterocycles. The predicted octanol–water partition coefficient (Wildman–Crippen LogP) is 4.76. The summed E-state index contributed by atoms with van der Waals surface area (Å²) in [7, 11) is 1.70. The normalized spacial score (nSPS) is 12.1. The second-order valence-corrected chi connectivity index (χ2v) is 7.09. The van der Waals surface area contributed by atoms with Gasteiger partial charge in [-0.15, -0.1) is 0 Å². The average molecular weight is 370 g/mol. The quantitative estimate of drug-likeness (QED) is 0.458. The lowest BCUT2D eigenvalue weighted by atomic mass is 9.90. The summed E-state index contributed by atoms with van der Waals surface area (Å²) in [6.07, 6.45) is 7.51. The standard InChI is InChI=1S/C22H31N3O2/c1-4-6-7-8-10-13-16(5-2)20(26)19-18(17-14-11-9-12-15-17)24-22(21(23)27)25(19)3/h9,11-12,14-16H,4-8,10,13H2,1-3H3,(H2,23,27). The minimum atomic E-state index is -0.624. The Morgan fingerprint density at radius 2 is 1.74 bits per heavy atom. The minimum Gasteiger partial charge on any atom is -0.363 e. The largest absolute Gasteiger partial charge is 0.363 e. The van der Waals surface area contributed by atoms with Gasteiger partial charge in [0.25, 0.3) is 5.91 Å². The van der Waals surface area contributed by atoms with Gasteiger partial charge in [-0.3, -0.25) is 9.59 Å². The number of Topliss-reactive ketones (excluding diaryl/α,β-unsaturated/α-hetero) is 1. The average Bonchev–Trinajstić information content (AvgIpc) is 3.02. The van der Waals surface area contributed by atoms with Gasteiger partial charge in [0.1, 0.15) is 11.4 Å². The molecule has 5 nitrogen and oxygen atoms in total. The fourth-order valence-corrected chi connectivity index (χ4v) is 3.51. The molecule has 1 amide bonds. The Labute approximate surface area is 162 Å². The van der Waals surface area contributed by atoms with E-state index in [4.69, 9.17) is 5.73 Å². The number of nitrogens with zero attached hydrogens (tertiary/aromatic N) is 2. The van der Waals surface area contributed by atoms with E-state index in [0.29, 0.717) is 11.4 Å². The highest BCUT2D eigenvalue weighted by molar-refractivity contribution is 6.03. The van der Waals surface area contributed by atoms with Crippen LogP contribution in [-0.2, 0) is 7.05 Å². The van der Waals surface area contributed by atoms with Crippen LogP contribution in [0.15, 0.2) is 30.3 Å². The number of aromatic nitrogens is 2. The Morgan fingerprint density at radius 3 is 2.33 bits per heavy atom. The van der Waals surface area contributed by atoms with Crippen molar-refractivity contribution in [1.29, 1.82) is 0 Å². The van der Waals surface area contributed by atoms with Crippen LogP contribution in [-0.4, -0.2) is 21.2 Å². The van der Waals surface area contributed by atoms with Gasteiger partial charge in [-0.1, -0.05) is 76.3 Å². The Hall–Kier alpha value is -2.43. The van der Waals surface area contributed by atoms with Gasteiger partial charge in [0.15, 0.2) is 11.6 Å². The number of hydrogen-bond donors (Lipinski definition) is 1. The predicted molar refractivity (Wildman–Crippen MR) is 109 cm³/mol. The zero-order valence-corrected chi connectivity index (χ0v) is 16.7. The molecule has 5 heteroatoms. The molecule has 0 spiro atoms. The Balaban J connectivity index is 2.31. The van der Waals surface area contributed by atoms with Crippen molar-refractivity contribution in [1.82, 2.24) is 9.55 Å². The summed E-state index contributed by atoms with van der Waals surface area (Å²) < 4.78 is 1.56. The van der Waals surface area contributed by atoms with Crippen molar-refractivity contribution < 1.29 is 9.59 Å². The molecule has 1 atom stereocenters. The highest BCUT2D eigenvalue weighted by Gasteiger charge is 2.28. The van der Waals surface area contributed by atoms with E-state index in [-0.39, 0.29) is 17.5 Å². The zero-order valence-electron chi connectivity index (χ0n) is 16.7. The number of carbonyl (C=O) groups excluding carboxylic acids is 2. The number of imidazole rings is 1. The molecule has 0 aliphatic heterocycles. The number of benzene rings is 1. The molecule has 0 aliphatic rings. The smallest absolute Gasteiger partial charge is 0.284 e. The first-order valence-corrected chi connectivity index (χ1v) is 9.97. The summed E-state index contributed by atoms with van der Waals surface area (Å²) in [6.45, 7) is 4.24. The van der Waals surface area contributed by atoms with E-state index < -0.39 is 5.91 Å². The van der Waals surface area contributed by atoms with Crippen LogP contribution in [0.5, 0.6) is 0 Å². The first kappa shape index (κ1) is 20.9. The monoisotopic (exact) mass is 369 g/mol. The molecule has 1 unspecified atom stereocenters. The molecule has 0 saturated carbocycles. The fourth-order valence-electron chi connectivity index (χ4n) is 3.51. The van der Waals surface area contributed by atoms with Crippen molar-refractivity contribution in [3.05, 3.63) is 41.9 Å². The maximum atomic E-state index is 13.3. The van der Waals surface area contributed by atoms with E-state index in [1.807, 2.05) is 37.3 Å². The highest BCUT2D eigenvalue weighted by Crippen LogP contribution is 2.28. The molecular weight excluding hydrogens is 338 g/mol. The molecule has 2 N–H and O–H groups in total. The van der Waals surface area contributed by atoms with Gasteiger partial charge in [-0.25, -0.2) is 4.98 Å². The number of carbonyl (C=O) groups is 2. The van der Waals surface area contributed by atoms with Crippen LogP contribution in [0.25, 0.3) is 11.3 Å². The Bertz CT molecular complexity index is 765. The molecule has 0 bridgehead atoms. The van der Waals surface area contributed by atoms with Gasteiger partial charge in [0, 0.05) is 18.5 Å². The molecular formula is C22H31N3O2. The summed E-state index contributed by atoms with van der Waals surface area (Å²) in [4.78, 5) is 29.5. The Kier molecular flexibility index (Phi) is 7.77. The number of nitrogens with two attached hydrogens (primary N) is 1. The van der Waals surface area contributed by atoms with E-state index in [9.17, 15) is 9.59 Å². The number of amides is 1. The molecule has 27 heavy (non-hydrogen) atoms. The lowest BCUT2D eigenvalue weighted by Gasteiger charge is -2.15. The van der Waals surface area contributed by atoms with Crippen LogP contribution in [0.3, 0.4) is 0 Å². The topological polar surface area (TPSA) is 78.0 Å². The summed E-state index contributed by atoms with van der Waals surface area (Å²) in [5.41, 5.74) is 7.32. The number of hydrogen-bond acceptors (Lipinski definition) is 3. The molecule has 0 fully saturated rings. The number of rotatable bonds is 11. The summed E-state index contributed by atoms with van der Waals surface area (Å²) in [5, 5.41) is 0. The maximum Gasteiger partial charge on any atom is 0.284 e. The number of unbranched alkanes of at least 4 members (excludes halogenated alkanes) is 4. The van der Waals surface area contributed by atoms with E-state index in [1.54, 1.807) is 11.6 Å². The molecule has 0 aliphatic carbocycles. The van der Waals surface area contributed by atoms with E-state index >= 15 is 0 Å². The molecule has 2 aromatic rings. The summed E-state index contributed by atoms with van der Waals surface area (Å²) in [5.74, 6) is -0.518. The molecule has 0 radical (unpaired) electrons. The minimum absolute atomic E-state index is 0.0503. The van der Waals surface area contributed by atoms with Crippen LogP contribution < -0.4 is 5.73 Å². The second kappa shape index (κ2) is 10.0. The summed E-state index contributed by atoms with van der Waals surface area (Å²) in [6, 6.07) is 9.50. The van der Waals surface area contributed by atoms with Crippen molar-refractivity contribution in [3.63, 3.8) is 0 Å². The number of primary amides is 1. The van der Waals surface area contributed by atoms with Gasteiger partial charge in [-0.05, 0) is 12.8 Å². The molecule has 1 heterocycles. The highest BCUT2D eigenvalue weighted by atomic mass is 16.1. The van der Waals surface area contributed by atoms with Crippen molar-refractivity contribution in [2.24, 2.45) is 18.7 Å². The van der Waals surface area contributed by atoms with E-state index in [0.717, 1.165) is 31.2 Å². The van der Waals surface area contributed by atoms with E-state index in [2.05, 4.69) is 11.9 Å². The van der Waals surface area contributed by atoms with E-state index in [1.165, 1.54) is 19.3 Å². The van der Waals surface area contributed by atoms with Crippen LogP contribution in [0.1, 0.15) is 79.9 Å². The third-order valence-corrected chi connectivity index (χ3v) is 5.12. The SMILES string of the molecule is CCCCCCCC(CC)C(=O)c1c(-c2ccccc2)nc(C(N)=O)n1C. The first-order valence-electron chi connectivity index (χ1n) is 9.97. The van der Waals surface area contributed by atoms with Crippen LogP contribution in [0, 0.1) is 5.92 Å². The zero-order chi connectivity index (χ0) is 19.8. The number of ketones is 1. The maximum absolute atomic E-state index is 13.3. The van der Waals surface area contributed by atoms with Crippen LogP contribution in [0.4, 0.5) is 0 Å². The van der Waals surface area contributed by atoms with Gasteiger partial charge >= 0.3 is 0 Å². The molecule has 1 aromatic carbocycles. The fraction of sp³-hybridized carbons (Fsp3) is 0.500. The summed E-state index contributed by atoms with van der Waals surface area (Å²) >= 11 is 0.